The standard InChI is InChI=1S/C17H22N2O2/c1-10-5-6-15-14(7-10)13(4)16(18-15)17(20)19-8-11(2)21-12(3)9-19/h5-7,11-12,18H,8-9H2,1-4H3. The molecular weight excluding hydrogens is 264 g/mol. The molecule has 1 saturated heterocycles. The van der Waals surface area contributed by atoms with Crippen molar-refractivity contribution in [3.05, 3.63) is 35.0 Å². The Kier molecular flexibility index (Phi) is 3.49. The zero-order valence-electron chi connectivity index (χ0n) is 13.1. The van der Waals surface area contributed by atoms with Crippen LogP contribution >= 0.6 is 0 Å². The first kappa shape index (κ1) is 14.1. The summed E-state index contributed by atoms with van der Waals surface area (Å²) in [5.74, 6) is 0.0725. The zero-order chi connectivity index (χ0) is 15.1. The SMILES string of the molecule is Cc1ccc2[nH]c(C(=O)N3CC(C)OC(C)C3)c(C)c2c1. The van der Waals surface area contributed by atoms with Crippen molar-refractivity contribution in [2.45, 2.75) is 39.9 Å². The maximum atomic E-state index is 12.8. The van der Waals surface area contributed by atoms with E-state index >= 15 is 0 Å². The molecule has 1 aliphatic rings. The second kappa shape index (κ2) is 5.19. The molecule has 112 valence electrons. The van der Waals surface area contributed by atoms with E-state index in [9.17, 15) is 4.79 Å². The summed E-state index contributed by atoms with van der Waals surface area (Å²) >= 11 is 0. The van der Waals surface area contributed by atoms with Gasteiger partial charge >= 0.3 is 0 Å². The number of benzene rings is 1. The minimum absolute atomic E-state index is 0.0725. The highest BCUT2D eigenvalue weighted by Crippen LogP contribution is 2.24. The quantitative estimate of drug-likeness (QED) is 0.876. The normalized spacial score (nSPS) is 22.8. The largest absolute Gasteiger partial charge is 0.372 e. The van der Waals surface area contributed by atoms with Crippen LogP contribution < -0.4 is 0 Å². The highest BCUT2D eigenvalue weighted by atomic mass is 16.5. The number of ether oxygens (including phenoxy) is 1. The fourth-order valence-electron chi connectivity index (χ4n) is 3.16. The number of H-pyrrole nitrogens is 1. The highest BCUT2D eigenvalue weighted by molar-refractivity contribution is 6.01. The molecule has 0 aliphatic carbocycles. The molecule has 2 atom stereocenters. The summed E-state index contributed by atoms with van der Waals surface area (Å²) in [6.45, 7) is 9.40. The van der Waals surface area contributed by atoms with Crippen LogP contribution in [0.2, 0.25) is 0 Å². The number of carbonyl (C=O) groups excluding carboxylic acids is 1. The van der Waals surface area contributed by atoms with Gasteiger partial charge in [-0.3, -0.25) is 4.79 Å². The summed E-state index contributed by atoms with van der Waals surface area (Å²) < 4.78 is 5.70. The van der Waals surface area contributed by atoms with Crippen LogP contribution in [0.5, 0.6) is 0 Å². The number of hydrogen-bond acceptors (Lipinski definition) is 2. The molecule has 1 aromatic heterocycles. The van der Waals surface area contributed by atoms with Crippen molar-refractivity contribution in [1.82, 2.24) is 9.88 Å². The lowest BCUT2D eigenvalue weighted by molar-refractivity contribution is -0.0587. The average molecular weight is 286 g/mol. The summed E-state index contributed by atoms with van der Waals surface area (Å²) in [4.78, 5) is 18.0. The lowest BCUT2D eigenvalue weighted by Crippen LogP contribution is -2.48. The van der Waals surface area contributed by atoms with Gasteiger partial charge in [0.25, 0.3) is 5.91 Å². The van der Waals surface area contributed by atoms with E-state index in [-0.39, 0.29) is 18.1 Å². The Morgan fingerprint density at radius 1 is 1.24 bits per heavy atom. The summed E-state index contributed by atoms with van der Waals surface area (Å²) in [7, 11) is 0. The predicted molar refractivity (Wildman–Crippen MR) is 83.7 cm³/mol. The lowest BCUT2D eigenvalue weighted by atomic mass is 10.1. The maximum absolute atomic E-state index is 12.8. The number of nitrogens with one attached hydrogen (secondary N) is 1. The first-order valence-corrected chi connectivity index (χ1v) is 7.49. The van der Waals surface area contributed by atoms with Crippen LogP contribution in [0.15, 0.2) is 18.2 Å². The number of aryl methyl sites for hydroxylation is 2. The topological polar surface area (TPSA) is 45.3 Å². The Morgan fingerprint density at radius 2 is 1.90 bits per heavy atom. The summed E-state index contributed by atoms with van der Waals surface area (Å²) in [5.41, 5.74) is 3.97. The Bertz CT molecular complexity index is 679. The van der Waals surface area contributed by atoms with E-state index in [0.717, 1.165) is 16.5 Å². The fraction of sp³-hybridized carbons (Fsp3) is 0.471. The van der Waals surface area contributed by atoms with Crippen molar-refractivity contribution < 1.29 is 9.53 Å². The van der Waals surface area contributed by atoms with Crippen LogP contribution in [0.25, 0.3) is 10.9 Å². The molecule has 2 aromatic rings. The van der Waals surface area contributed by atoms with Gasteiger partial charge < -0.3 is 14.6 Å². The molecule has 1 fully saturated rings. The van der Waals surface area contributed by atoms with Crippen molar-refractivity contribution >= 4 is 16.8 Å². The summed E-state index contributed by atoms with van der Waals surface area (Å²) in [6.07, 6.45) is 0.175. The van der Waals surface area contributed by atoms with Crippen molar-refractivity contribution in [2.75, 3.05) is 13.1 Å². The predicted octanol–water partition coefficient (Wildman–Crippen LogP) is 3.03. The maximum Gasteiger partial charge on any atom is 0.270 e. The van der Waals surface area contributed by atoms with Gasteiger partial charge in [0, 0.05) is 24.0 Å². The number of morpholine rings is 1. The van der Waals surface area contributed by atoms with Gasteiger partial charge in [-0.05, 0) is 45.4 Å². The van der Waals surface area contributed by atoms with Gasteiger partial charge in [0.1, 0.15) is 5.69 Å². The van der Waals surface area contributed by atoms with Crippen molar-refractivity contribution in [3.63, 3.8) is 0 Å². The van der Waals surface area contributed by atoms with Gasteiger partial charge in [-0.1, -0.05) is 11.6 Å². The van der Waals surface area contributed by atoms with Crippen LogP contribution in [0, 0.1) is 13.8 Å². The van der Waals surface area contributed by atoms with E-state index in [4.69, 9.17) is 4.74 Å². The van der Waals surface area contributed by atoms with Crippen LogP contribution in [0.1, 0.15) is 35.5 Å². The molecule has 0 bridgehead atoms. The lowest BCUT2D eigenvalue weighted by Gasteiger charge is -2.35. The van der Waals surface area contributed by atoms with Gasteiger partial charge in [0.2, 0.25) is 0 Å². The Hall–Kier alpha value is -1.81. The second-order valence-corrected chi connectivity index (χ2v) is 6.14. The number of fused-ring (bicyclic) bond motifs is 1. The van der Waals surface area contributed by atoms with Gasteiger partial charge in [-0.2, -0.15) is 0 Å². The number of aromatic amines is 1. The van der Waals surface area contributed by atoms with E-state index in [1.165, 1.54) is 5.56 Å². The third kappa shape index (κ3) is 2.56. The third-order valence-electron chi connectivity index (χ3n) is 4.13. The number of nitrogens with zero attached hydrogens (tertiary/aromatic N) is 1. The number of amides is 1. The van der Waals surface area contributed by atoms with E-state index in [1.807, 2.05) is 31.7 Å². The highest BCUT2D eigenvalue weighted by Gasteiger charge is 2.28. The first-order chi connectivity index (χ1) is 9.95. The zero-order valence-corrected chi connectivity index (χ0v) is 13.1. The van der Waals surface area contributed by atoms with Gasteiger partial charge in [-0.25, -0.2) is 0 Å². The molecule has 4 heteroatoms. The third-order valence-corrected chi connectivity index (χ3v) is 4.13. The van der Waals surface area contributed by atoms with Gasteiger partial charge in [-0.15, -0.1) is 0 Å². The van der Waals surface area contributed by atoms with Crippen molar-refractivity contribution in [1.29, 1.82) is 0 Å². The monoisotopic (exact) mass is 286 g/mol. The molecule has 2 unspecified atom stereocenters. The molecule has 3 rings (SSSR count). The van der Waals surface area contributed by atoms with Crippen molar-refractivity contribution in [3.8, 4) is 0 Å². The van der Waals surface area contributed by atoms with E-state index in [2.05, 4.69) is 24.0 Å². The Morgan fingerprint density at radius 3 is 2.57 bits per heavy atom. The van der Waals surface area contributed by atoms with Crippen LogP contribution in [0.4, 0.5) is 0 Å². The summed E-state index contributed by atoms with van der Waals surface area (Å²) in [5, 5.41) is 1.13. The van der Waals surface area contributed by atoms with E-state index in [0.29, 0.717) is 18.8 Å². The molecular formula is C17H22N2O2. The van der Waals surface area contributed by atoms with Crippen molar-refractivity contribution in [2.24, 2.45) is 0 Å². The first-order valence-electron chi connectivity index (χ1n) is 7.49. The average Bonchev–Trinajstić information content (AvgIpc) is 2.74. The molecule has 0 radical (unpaired) electrons. The minimum atomic E-state index is 0.0725. The minimum Gasteiger partial charge on any atom is -0.372 e. The Balaban J connectivity index is 1.96. The summed E-state index contributed by atoms with van der Waals surface area (Å²) in [6, 6.07) is 6.23. The molecule has 1 N–H and O–H groups in total. The molecule has 21 heavy (non-hydrogen) atoms. The number of carbonyl (C=O) groups is 1. The molecule has 0 saturated carbocycles. The van der Waals surface area contributed by atoms with Crippen LogP contribution in [-0.4, -0.2) is 41.1 Å². The number of rotatable bonds is 1. The fourth-order valence-corrected chi connectivity index (χ4v) is 3.16. The van der Waals surface area contributed by atoms with E-state index < -0.39 is 0 Å². The number of hydrogen-bond donors (Lipinski definition) is 1. The molecule has 0 spiro atoms. The van der Waals surface area contributed by atoms with E-state index in [1.54, 1.807) is 0 Å². The molecule has 1 aliphatic heterocycles. The smallest absolute Gasteiger partial charge is 0.270 e. The number of aromatic nitrogens is 1. The Labute approximate surface area is 125 Å². The molecule has 1 aromatic carbocycles. The van der Waals surface area contributed by atoms with Crippen LogP contribution in [0.3, 0.4) is 0 Å². The van der Waals surface area contributed by atoms with Gasteiger partial charge in [0.15, 0.2) is 0 Å². The van der Waals surface area contributed by atoms with Gasteiger partial charge in [0.05, 0.1) is 12.2 Å². The molecule has 1 amide bonds. The van der Waals surface area contributed by atoms with Crippen LogP contribution in [-0.2, 0) is 4.74 Å². The molecule has 4 nitrogen and oxygen atoms in total. The second-order valence-electron chi connectivity index (χ2n) is 6.14. The molecule has 2 heterocycles.